The number of nitrogens with one attached hydrogen (secondary N) is 5. The van der Waals surface area contributed by atoms with Gasteiger partial charge in [-0.1, -0.05) is 142 Å². The highest BCUT2D eigenvalue weighted by molar-refractivity contribution is 5.70. The number of aliphatic hydroxyl groups is 2. The smallest absolute Gasteiger partial charge is 0.416 e. The number of aromatic amines is 3. The van der Waals surface area contributed by atoms with Gasteiger partial charge in [0.25, 0.3) is 0 Å². The Morgan fingerprint density at radius 3 is 1.02 bits per heavy atom. The molecule has 0 aliphatic carbocycles. The molecule has 0 bridgehead atoms. The number of benzene rings is 7. The first kappa shape index (κ1) is 102. The molecule has 0 spiro atoms. The molecule has 129 heavy (non-hydrogen) atoms. The van der Waals surface area contributed by atoms with Gasteiger partial charge in [0.2, 0.25) is 0 Å². The summed E-state index contributed by atoms with van der Waals surface area (Å²) in [6.07, 6.45) is -25.7. The van der Waals surface area contributed by atoms with Gasteiger partial charge in [0, 0.05) is 32.8 Å². The lowest BCUT2D eigenvalue weighted by Gasteiger charge is -2.53. The molecule has 700 valence electrons. The van der Waals surface area contributed by atoms with E-state index in [1.807, 2.05) is 42.5 Å². The van der Waals surface area contributed by atoms with Crippen LogP contribution < -0.4 is 27.7 Å². The van der Waals surface area contributed by atoms with Gasteiger partial charge in [-0.3, -0.25) is 18.6 Å². The van der Waals surface area contributed by atoms with E-state index in [1.54, 1.807) is 84.9 Å². The zero-order valence-corrected chi connectivity index (χ0v) is 68.3. The second-order valence-corrected chi connectivity index (χ2v) is 31.7. The van der Waals surface area contributed by atoms with Gasteiger partial charge in [-0.25, -0.2) is 34.5 Å². The molecular weight excluding hydrogens is 1740 g/mol. The number of allylic oxidation sites excluding steroid dienone is 1. The van der Waals surface area contributed by atoms with Gasteiger partial charge >= 0.3 is 60.2 Å². The Balaban J connectivity index is 0.000000219. The fourth-order valence-corrected chi connectivity index (χ4v) is 16.5. The Labute approximate surface area is 728 Å². The van der Waals surface area contributed by atoms with E-state index in [0.29, 0.717) is 73.2 Å². The van der Waals surface area contributed by atoms with Gasteiger partial charge in [-0.15, -0.1) is 6.58 Å². The molecule has 0 radical (unpaired) electrons. The van der Waals surface area contributed by atoms with E-state index < -0.39 is 145 Å². The maximum absolute atomic E-state index is 14.2. The van der Waals surface area contributed by atoms with Crippen LogP contribution in [-0.2, 0) is 95.8 Å². The molecule has 7 N–H and O–H groups in total. The van der Waals surface area contributed by atoms with Crippen LogP contribution in [0.25, 0.3) is 0 Å². The van der Waals surface area contributed by atoms with E-state index in [4.69, 9.17) is 18.9 Å². The van der Waals surface area contributed by atoms with Crippen molar-refractivity contribution in [3.8, 4) is 0 Å². The SMILES string of the molecule is C.C.C=CC[C@]1(n2cn[nH]c2=O)CC[C@@](CO[C@H](C)c2cc(C(F)(F)F)cc(C(F)(F)F)c2)(c2ccccc2)N(C(=O)OCc2ccccc2)C1.C[C@@H](OC[C@@]1(c2ccccc2)CC[C@](CCO)(n2cn[nH]c2=O)CN1)c1cc(C(F)(F)F)cc(C(F)(F)F)c1.C[C@@H](OC[C@@]1(c2ccccc2)CC[C@](CCO)(n2cn[nH]c2=O)CN1)c1cc(C(F)(F)F)cc(C(F)(F)F)c1. The first-order valence-electron chi connectivity index (χ1n) is 39.9. The molecule has 1 amide bonds. The maximum Gasteiger partial charge on any atom is 0.416 e. The molecule has 3 aliphatic heterocycles. The highest BCUT2D eigenvalue weighted by atomic mass is 19.4. The van der Waals surface area contributed by atoms with Gasteiger partial charge in [-0.05, 0) is 172 Å². The van der Waals surface area contributed by atoms with Crippen molar-refractivity contribution in [3.63, 3.8) is 0 Å². The van der Waals surface area contributed by atoms with Crippen LogP contribution in [0.5, 0.6) is 0 Å². The third-order valence-electron chi connectivity index (χ3n) is 23.7. The lowest BCUT2D eigenvalue weighted by Crippen LogP contribution is -2.63. The Morgan fingerprint density at radius 2 is 0.736 bits per heavy atom. The summed E-state index contributed by atoms with van der Waals surface area (Å²) in [4.78, 5) is 53.2. The van der Waals surface area contributed by atoms with Crippen LogP contribution in [0, 0.1) is 0 Å². The van der Waals surface area contributed by atoms with Gasteiger partial charge in [0.1, 0.15) is 25.6 Å². The molecule has 13 rings (SSSR count). The van der Waals surface area contributed by atoms with Gasteiger partial charge in [0.05, 0.1) is 105 Å². The average molecular weight is 1840 g/mol. The van der Waals surface area contributed by atoms with E-state index in [9.17, 15) is 108 Å². The predicted molar refractivity (Wildman–Crippen MR) is 438 cm³/mol. The van der Waals surface area contributed by atoms with Crippen LogP contribution in [0.1, 0.15) is 184 Å². The molecule has 3 aromatic heterocycles. The summed E-state index contributed by atoms with van der Waals surface area (Å²) < 4.78 is 271. The first-order valence-corrected chi connectivity index (χ1v) is 39.9. The summed E-state index contributed by atoms with van der Waals surface area (Å²) in [5.74, 6) is 0. The number of nitrogens with zero attached hydrogens (tertiary/aromatic N) is 7. The summed E-state index contributed by atoms with van der Waals surface area (Å²) >= 11 is 0. The Kier molecular flexibility index (Phi) is 32.2. The van der Waals surface area contributed by atoms with Crippen molar-refractivity contribution in [1.82, 2.24) is 59.8 Å². The average Bonchev–Trinajstić information content (AvgIpc) is 1.53. The van der Waals surface area contributed by atoms with Crippen LogP contribution in [0.4, 0.5) is 83.8 Å². The molecule has 0 unspecified atom stereocenters. The van der Waals surface area contributed by atoms with E-state index in [2.05, 4.69) is 47.8 Å². The molecule has 3 saturated heterocycles. The summed E-state index contributed by atoms with van der Waals surface area (Å²) in [6.45, 7) is 7.39. The third-order valence-corrected chi connectivity index (χ3v) is 23.7. The molecule has 3 aliphatic rings. The molecule has 3 fully saturated rings. The minimum Gasteiger partial charge on any atom is -0.445 e. The van der Waals surface area contributed by atoms with Crippen molar-refractivity contribution in [2.75, 3.05) is 52.7 Å². The number of carbonyl (C=O) groups is 1. The number of H-pyrrole nitrogens is 3. The largest absolute Gasteiger partial charge is 0.445 e. The zero-order valence-electron chi connectivity index (χ0n) is 68.3. The van der Waals surface area contributed by atoms with Crippen molar-refractivity contribution in [2.24, 2.45) is 0 Å². The topological polar surface area (TPSA) is 274 Å². The number of piperidine rings is 3. The summed E-state index contributed by atoms with van der Waals surface area (Å²) in [6, 6.07) is 40.0. The summed E-state index contributed by atoms with van der Waals surface area (Å²) in [5, 5.41) is 44.8. The van der Waals surface area contributed by atoms with E-state index in [0.717, 1.165) is 11.1 Å². The number of hydrogen-bond acceptors (Lipinski definition) is 15. The number of amides is 1. The number of aliphatic hydroxyl groups excluding tert-OH is 2. The number of aromatic nitrogens is 9. The Hall–Kier alpha value is -11.2. The fraction of sp³-hybridized carbons (Fsp3) is 0.427. The van der Waals surface area contributed by atoms with E-state index in [1.165, 1.54) is 58.4 Å². The Morgan fingerprint density at radius 1 is 0.434 bits per heavy atom. The lowest BCUT2D eigenvalue weighted by atomic mass is 9.73. The molecule has 0 saturated carbocycles. The van der Waals surface area contributed by atoms with Crippen LogP contribution in [0.2, 0.25) is 0 Å². The highest BCUT2D eigenvalue weighted by Crippen LogP contribution is 2.50. The van der Waals surface area contributed by atoms with Gasteiger partial charge in [-0.2, -0.15) is 94.3 Å². The van der Waals surface area contributed by atoms with Crippen LogP contribution in [0.15, 0.2) is 222 Å². The van der Waals surface area contributed by atoms with Crippen molar-refractivity contribution in [3.05, 3.63) is 311 Å². The molecular formula is C89H98F18N12O10. The molecule has 9 atom stereocenters. The van der Waals surface area contributed by atoms with Gasteiger partial charge in [0.15, 0.2) is 0 Å². The fourth-order valence-electron chi connectivity index (χ4n) is 16.5. The normalized spacial score (nSPS) is 21.7. The standard InChI is InChI=1S/C35H34F6N4O4.2C26H28F6N4O3.2CH4/c1-3-14-32(45-23-42-43-30(45)46)15-16-33(27-12-8-5-9-13-27,44(21-32)31(47)48-20-25-10-6-4-7-11-25)22-49-24(2)26-17-28(34(36,37)38)19-29(18-26)35(39,40)41;2*1-17(18-11-20(25(27,28)29)13-21(12-18)26(30,31)32)39-15-24(19-5-3-2-4-6-19)8-7-23(9-10-37,14-33-24)36-16-34-35-22(36)38;;/h3-13,17-19,23-24H,1,14-16,20-22H2,2H3,(H,43,46);2*2-6,11-13,16-17,33,37H,7-10,14-15H2,1H3,(H,35,38);2*1H4/t24-,32+,33-;2*17-,23-,24-;;/m111../s1. The molecule has 7 aromatic carbocycles. The van der Waals surface area contributed by atoms with Crippen LogP contribution in [0.3, 0.4) is 0 Å². The Bertz CT molecular complexity index is 5190. The number of halogens is 18. The minimum absolute atomic E-state index is 0. The number of carbonyl (C=O) groups excluding carboxylic acids is 1. The van der Waals surface area contributed by atoms with Crippen molar-refractivity contribution in [1.29, 1.82) is 0 Å². The van der Waals surface area contributed by atoms with E-state index in [-0.39, 0.29) is 141 Å². The number of hydrogen-bond donors (Lipinski definition) is 7. The van der Waals surface area contributed by atoms with Crippen molar-refractivity contribution < 1.29 is 113 Å². The van der Waals surface area contributed by atoms with E-state index >= 15 is 0 Å². The number of alkyl halides is 18. The third kappa shape index (κ3) is 23.5. The molecule has 22 nitrogen and oxygen atoms in total. The predicted octanol–water partition coefficient (Wildman–Crippen LogP) is 18.7. The molecule has 6 heterocycles. The number of ether oxygens (including phenoxy) is 4. The van der Waals surface area contributed by atoms with Crippen LogP contribution >= 0.6 is 0 Å². The quantitative estimate of drug-likeness (QED) is 0.0196. The minimum atomic E-state index is -5.04. The number of rotatable bonds is 26. The zero-order chi connectivity index (χ0) is 92.4. The monoisotopic (exact) mass is 1840 g/mol. The second-order valence-electron chi connectivity index (χ2n) is 31.7. The van der Waals surface area contributed by atoms with Crippen LogP contribution in [-0.4, -0.2) is 118 Å². The summed E-state index contributed by atoms with van der Waals surface area (Å²) in [5.41, 5.74) is -13.6. The highest BCUT2D eigenvalue weighted by Gasteiger charge is 2.55. The number of likely N-dealkylation sites (tertiary alicyclic amines) is 1. The molecule has 10 aromatic rings. The van der Waals surface area contributed by atoms with Gasteiger partial charge < -0.3 is 39.8 Å². The first-order chi connectivity index (χ1) is 59.8. The maximum atomic E-state index is 14.2. The lowest BCUT2D eigenvalue weighted by molar-refractivity contribution is -0.145. The van der Waals surface area contributed by atoms with Crippen molar-refractivity contribution >= 4 is 6.09 Å². The second kappa shape index (κ2) is 40.9. The summed E-state index contributed by atoms with van der Waals surface area (Å²) in [7, 11) is 0. The van der Waals surface area contributed by atoms with Crippen molar-refractivity contribution in [2.45, 2.75) is 189 Å². The molecule has 40 heteroatoms.